The zero-order chi connectivity index (χ0) is 12.7. The normalized spacial score (nSPS) is 11.7. The van der Waals surface area contributed by atoms with Crippen LogP contribution in [0, 0.1) is 0 Å². The van der Waals surface area contributed by atoms with Crippen LogP contribution in [0.2, 0.25) is 0 Å². The van der Waals surface area contributed by atoms with Gasteiger partial charge in [-0.1, -0.05) is 11.6 Å². The van der Waals surface area contributed by atoms with Crippen molar-refractivity contribution in [2.75, 3.05) is 11.9 Å². The fraction of sp³-hybridized carbons (Fsp3) is 0.154. The van der Waals surface area contributed by atoms with Gasteiger partial charge in [0.15, 0.2) is 0 Å². The Balaban J connectivity index is 2.55. The lowest BCUT2D eigenvalue weighted by Gasteiger charge is -2.06. The second kappa shape index (κ2) is 6.37. The Bertz CT molecular complexity index is 432. The second-order valence-corrected chi connectivity index (χ2v) is 3.59. The lowest BCUT2D eigenvalue weighted by molar-refractivity contribution is 0.0697. The van der Waals surface area contributed by atoms with E-state index in [9.17, 15) is 4.79 Å². The molecule has 4 nitrogen and oxygen atoms in total. The van der Waals surface area contributed by atoms with E-state index in [1.54, 1.807) is 36.4 Å². The molecule has 0 amide bonds. The van der Waals surface area contributed by atoms with Crippen LogP contribution >= 0.6 is 0 Å². The quantitative estimate of drug-likeness (QED) is 0.540. The van der Waals surface area contributed by atoms with Crippen molar-refractivity contribution < 1.29 is 15.0 Å². The van der Waals surface area contributed by atoms with Gasteiger partial charge in [-0.2, -0.15) is 0 Å². The monoisotopic (exact) mass is 233 g/mol. The van der Waals surface area contributed by atoms with Gasteiger partial charge in [-0.25, -0.2) is 4.79 Å². The third-order valence-corrected chi connectivity index (χ3v) is 2.17. The van der Waals surface area contributed by atoms with Gasteiger partial charge >= 0.3 is 5.97 Å². The van der Waals surface area contributed by atoms with Crippen molar-refractivity contribution in [3.8, 4) is 0 Å². The molecule has 1 rings (SSSR count). The fourth-order valence-electron chi connectivity index (χ4n) is 1.24. The highest BCUT2D eigenvalue weighted by Crippen LogP contribution is 2.10. The molecule has 0 unspecified atom stereocenters. The molecule has 0 aliphatic carbocycles. The number of allylic oxidation sites excluding steroid dienone is 2. The minimum atomic E-state index is -0.930. The molecule has 1 aromatic rings. The number of carbonyl (C=O) groups is 1. The standard InChI is InChI=1S/C13H15NO3/c1-10(3-2-8-15)9-14-12-6-4-11(5-7-12)13(16)17/h2-8,14-15H,9H2,1H3,(H,16,17)/b8-2-,10-3+. The number of carboxylic acids is 1. The van der Waals surface area contributed by atoms with Crippen molar-refractivity contribution in [1.82, 2.24) is 0 Å². The van der Waals surface area contributed by atoms with E-state index in [1.165, 1.54) is 0 Å². The summed E-state index contributed by atoms with van der Waals surface area (Å²) >= 11 is 0. The van der Waals surface area contributed by atoms with Crippen LogP contribution in [-0.4, -0.2) is 22.7 Å². The van der Waals surface area contributed by atoms with Gasteiger partial charge in [0.25, 0.3) is 0 Å². The number of carboxylic acid groups (broad SMARTS) is 1. The van der Waals surface area contributed by atoms with Crippen molar-refractivity contribution in [2.45, 2.75) is 6.92 Å². The Hall–Kier alpha value is -2.23. The van der Waals surface area contributed by atoms with E-state index in [0.717, 1.165) is 17.5 Å². The molecule has 17 heavy (non-hydrogen) atoms. The van der Waals surface area contributed by atoms with Gasteiger partial charge in [-0.15, -0.1) is 0 Å². The molecule has 0 saturated carbocycles. The van der Waals surface area contributed by atoms with Crippen LogP contribution in [0.1, 0.15) is 17.3 Å². The lowest BCUT2D eigenvalue weighted by atomic mass is 10.2. The maximum atomic E-state index is 10.6. The first-order chi connectivity index (χ1) is 8.13. The van der Waals surface area contributed by atoms with Gasteiger partial charge in [-0.3, -0.25) is 0 Å². The number of aliphatic hydroxyl groups is 1. The number of nitrogens with one attached hydrogen (secondary N) is 1. The van der Waals surface area contributed by atoms with E-state index in [0.29, 0.717) is 6.54 Å². The summed E-state index contributed by atoms with van der Waals surface area (Å²) in [6, 6.07) is 6.55. The molecule has 0 bridgehead atoms. The number of benzene rings is 1. The predicted octanol–water partition coefficient (Wildman–Crippen LogP) is 2.81. The smallest absolute Gasteiger partial charge is 0.335 e. The van der Waals surface area contributed by atoms with Gasteiger partial charge in [0.1, 0.15) is 0 Å². The highest BCUT2D eigenvalue weighted by atomic mass is 16.4. The molecule has 0 atom stereocenters. The third-order valence-electron chi connectivity index (χ3n) is 2.17. The van der Waals surface area contributed by atoms with Crippen LogP contribution in [0.25, 0.3) is 0 Å². The Morgan fingerprint density at radius 2 is 2.00 bits per heavy atom. The van der Waals surface area contributed by atoms with E-state index in [1.807, 2.05) is 6.92 Å². The third kappa shape index (κ3) is 4.42. The van der Waals surface area contributed by atoms with E-state index in [2.05, 4.69) is 5.32 Å². The highest BCUT2D eigenvalue weighted by Gasteiger charge is 2.00. The van der Waals surface area contributed by atoms with Gasteiger partial charge in [0.05, 0.1) is 11.8 Å². The maximum absolute atomic E-state index is 10.6. The maximum Gasteiger partial charge on any atom is 0.335 e. The number of hydrogen-bond acceptors (Lipinski definition) is 3. The SMILES string of the molecule is C/C(=C\C=C/O)CNc1ccc(C(=O)O)cc1. The molecular formula is C13H15NO3. The van der Waals surface area contributed by atoms with Gasteiger partial charge in [0, 0.05) is 12.2 Å². The van der Waals surface area contributed by atoms with Crippen LogP contribution in [0.15, 0.2) is 48.3 Å². The van der Waals surface area contributed by atoms with Crippen LogP contribution in [-0.2, 0) is 0 Å². The summed E-state index contributed by atoms with van der Waals surface area (Å²) in [7, 11) is 0. The zero-order valence-corrected chi connectivity index (χ0v) is 9.55. The molecule has 0 aliphatic heterocycles. The molecule has 0 saturated heterocycles. The molecule has 0 heterocycles. The van der Waals surface area contributed by atoms with E-state index < -0.39 is 5.97 Å². The van der Waals surface area contributed by atoms with E-state index >= 15 is 0 Å². The van der Waals surface area contributed by atoms with Crippen molar-refractivity contribution >= 4 is 11.7 Å². The first-order valence-corrected chi connectivity index (χ1v) is 5.17. The summed E-state index contributed by atoms with van der Waals surface area (Å²) < 4.78 is 0. The molecule has 3 N–H and O–H groups in total. The molecule has 90 valence electrons. The summed E-state index contributed by atoms with van der Waals surface area (Å²) in [5, 5.41) is 20.4. The minimum Gasteiger partial charge on any atom is -0.516 e. The van der Waals surface area contributed by atoms with Gasteiger partial charge < -0.3 is 15.5 Å². The summed E-state index contributed by atoms with van der Waals surface area (Å²) in [5.41, 5.74) is 2.18. The lowest BCUT2D eigenvalue weighted by Crippen LogP contribution is -2.03. The highest BCUT2D eigenvalue weighted by molar-refractivity contribution is 5.87. The Morgan fingerprint density at radius 1 is 1.35 bits per heavy atom. The largest absolute Gasteiger partial charge is 0.516 e. The van der Waals surface area contributed by atoms with Gasteiger partial charge in [0.2, 0.25) is 0 Å². The van der Waals surface area contributed by atoms with Crippen molar-refractivity contribution in [1.29, 1.82) is 0 Å². The zero-order valence-electron chi connectivity index (χ0n) is 9.55. The summed E-state index contributed by atoms with van der Waals surface area (Å²) in [4.78, 5) is 10.6. The van der Waals surface area contributed by atoms with Crippen LogP contribution in [0.4, 0.5) is 5.69 Å². The Labute approximate surface area is 99.9 Å². The summed E-state index contributed by atoms with van der Waals surface area (Å²) in [5.74, 6) is -0.930. The number of rotatable bonds is 5. The van der Waals surface area contributed by atoms with Crippen LogP contribution in [0.5, 0.6) is 0 Å². The molecule has 4 heteroatoms. The first kappa shape index (κ1) is 12.8. The van der Waals surface area contributed by atoms with Crippen LogP contribution in [0.3, 0.4) is 0 Å². The number of hydrogen-bond donors (Lipinski definition) is 3. The summed E-state index contributed by atoms with van der Waals surface area (Å²) in [6.45, 7) is 2.56. The van der Waals surface area contributed by atoms with Crippen molar-refractivity contribution in [2.24, 2.45) is 0 Å². The molecule has 0 fully saturated rings. The molecule has 0 aliphatic rings. The Kier molecular flexibility index (Phi) is 4.81. The fourth-order valence-corrected chi connectivity index (χ4v) is 1.24. The Morgan fingerprint density at radius 3 is 2.53 bits per heavy atom. The molecule has 0 spiro atoms. The second-order valence-electron chi connectivity index (χ2n) is 3.59. The van der Waals surface area contributed by atoms with Gasteiger partial charge in [-0.05, 0) is 37.3 Å². The number of aliphatic hydroxyl groups excluding tert-OH is 1. The van der Waals surface area contributed by atoms with Crippen molar-refractivity contribution in [3.63, 3.8) is 0 Å². The minimum absolute atomic E-state index is 0.269. The molecular weight excluding hydrogens is 218 g/mol. The average molecular weight is 233 g/mol. The first-order valence-electron chi connectivity index (χ1n) is 5.17. The summed E-state index contributed by atoms with van der Waals surface area (Å²) in [6.07, 6.45) is 4.31. The number of anilines is 1. The van der Waals surface area contributed by atoms with Crippen LogP contribution < -0.4 is 5.32 Å². The molecule has 0 radical (unpaired) electrons. The molecule has 1 aromatic carbocycles. The average Bonchev–Trinajstić information content (AvgIpc) is 2.34. The molecule has 0 aromatic heterocycles. The van der Waals surface area contributed by atoms with Crippen molar-refractivity contribution in [3.05, 3.63) is 53.8 Å². The van der Waals surface area contributed by atoms with E-state index in [-0.39, 0.29) is 5.56 Å². The predicted molar refractivity (Wildman–Crippen MR) is 67.4 cm³/mol. The number of aromatic carboxylic acids is 1. The topological polar surface area (TPSA) is 69.6 Å². The van der Waals surface area contributed by atoms with E-state index in [4.69, 9.17) is 10.2 Å².